The second-order valence-electron chi connectivity index (χ2n) is 7.41. The van der Waals surface area contributed by atoms with Gasteiger partial charge in [-0.2, -0.15) is 38.5 Å². The summed E-state index contributed by atoms with van der Waals surface area (Å²) >= 11 is 0. The molecule has 1 heteroatoms. The van der Waals surface area contributed by atoms with E-state index in [1.54, 1.807) is 0 Å². The first-order valence-corrected chi connectivity index (χ1v) is 11.4. The van der Waals surface area contributed by atoms with Gasteiger partial charge < -0.3 is 11.8 Å². The van der Waals surface area contributed by atoms with Crippen LogP contribution in [0.15, 0.2) is 0 Å². The van der Waals surface area contributed by atoms with Gasteiger partial charge in [-0.25, -0.2) is 0 Å². The average molecular weight is 445 g/mol. The predicted molar refractivity (Wildman–Crippen MR) is 114 cm³/mol. The van der Waals surface area contributed by atoms with E-state index in [1.165, 1.54) is 103 Å². The third-order valence-corrected chi connectivity index (χ3v) is 4.74. The zero-order valence-corrected chi connectivity index (χ0v) is 20.2. The largest absolute Gasteiger partial charge is 2.00 e. The van der Waals surface area contributed by atoms with E-state index in [0.29, 0.717) is 0 Å². The van der Waals surface area contributed by atoms with Crippen LogP contribution in [0, 0.1) is 11.8 Å². The Hall–Kier alpha value is 0.662. The molecule has 0 saturated heterocycles. The first-order valence-electron chi connectivity index (χ1n) is 11.4. The first kappa shape index (κ1) is 30.4. The summed E-state index contributed by atoms with van der Waals surface area (Å²) in [4.78, 5) is 0. The van der Waals surface area contributed by atoms with Crippen LogP contribution in [0.4, 0.5) is 0 Å². The van der Waals surface area contributed by atoms with Gasteiger partial charge in [-0.3, -0.25) is 0 Å². The summed E-state index contributed by atoms with van der Waals surface area (Å²) in [5.41, 5.74) is 0. The Balaban J connectivity index is -0.000000372. The molecule has 0 amide bonds. The maximum Gasteiger partial charge on any atom is 2.00 e. The Labute approximate surface area is 176 Å². The van der Waals surface area contributed by atoms with Crippen molar-refractivity contribution in [2.75, 3.05) is 0 Å². The molecule has 0 nitrogen and oxygen atoms in total. The van der Waals surface area contributed by atoms with Gasteiger partial charge in [0.15, 0.2) is 0 Å². The molecule has 0 unspecified atom stereocenters. The Morgan fingerprint density at radius 3 is 0.760 bits per heavy atom. The zero-order valence-electron chi connectivity index (χ0n) is 18.6. The van der Waals surface area contributed by atoms with Gasteiger partial charge in [-0.15, -0.1) is 0 Å². The van der Waals surface area contributed by atoms with Crippen LogP contribution >= 0.6 is 0 Å². The summed E-state index contributed by atoms with van der Waals surface area (Å²) in [5.74, 6) is 3.64. The zero-order chi connectivity index (χ0) is 18.5. The fourth-order valence-corrected chi connectivity index (χ4v) is 3.16. The molecule has 0 bridgehead atoms. The van der Waals surface area contributed by atoms with E-state index in [9.17, 15) is 0 Å². The van der Waals surface area contributed by atoms with Gasteiger partial charge in [-0.1, -0.05) is 106 Å². The second kappa shape index (κ2) is 26.9. The van der Waals surface area contributed by atoms with E-state index < -0.39 is 0 Å². The van der Waals surface area contributed by atoms with Crippen LogP contribution in [-0.2, 0) is 20.4 Å². The molecule has 0 N–H and O–H groups in total. The molecule has 0 aliphatic carbocycles. The summed E-state index contributed by atoms with van der Waals surface area (Å²) in [6.07, 6.45) is 22.0. The quantitative estimate of drug-likeness (QED) is 0.164. The van der Waals surface area contributed by atoms with Gasteiger partial charge >= 0.3 is 20.4 Å². The van der Waals surface area contributed by atoms with E-state index in [1.807, 2.05) is 11.8 Å². The van der Waals surface area contributed by atoms with Gasteiger partial charge in [-0.05, 0) is 0 Å². The first-order chi connectivity index (χ1) is 11.7. The Bertz CT molecular complexity index is 164. The van der Waals surface area contributed by atoms with Crippen molar-refractivity contribution in [2.24, 2.45) is 0 Å². The van der Waals surface area contributed by atoms with E-state index in [2.05, 4.69) is 41.5 Å². The molecule has 156 valence electrons. The molecule has 0 aromatic carbocycles. The topological polar surface area (TPSA) is 0 Å². The molecular formula is C24H50Pd. The van der Waals surface area contributed by atoms with Crippen LogP contribution in [0.5, 0.6) is 0 Å². The van der Waals surface area contributed by atoms with Gasteiger partial charge in [0, 0.05) is 0 Å². The minimum Gasteiger partial charge on any atom is -0.314 e. The van der Waals surface area contributed by atoms with Crippen LogP contribution in [0.2, 0.25) is 0 Å². The molecule has 0 aliphatic rings. The van der Waals surface area contributed by atoms with Crippen molar-refractivity contribution in [3.63, 3.8) is 0 Å². The smallest absolute Gasteiger partial charge is 0.314 e. The van der Waals surface area contributed by atoms with Crippen molar-refractivity contribution < 1.29 is 20.4 Å². The standard InChI is InChI=1S/2C12H25.Pd/c2*1-4-7-10-12(9-6-3)11-8-5-2;/h2*4-11H2,1-3H3;/q2*-1;+2. The molecule has 0 fully saturated rings. The summed E-state index contributed by atoms with van der Waals surface area (Å²) in [7, 11) is 0. The fraction of sp³-hybridized carbons (Fsp3) is 0.917. The van der Waals surface area contributed by atoms with E-state index >= 15 is 0 Å². The third kappa shape index (κ3) is 24.7. The summed E-state index contributed by atoms with van der Waals surface area (Å²) in [6, 6.07) is 0. The van der Waals surface area contributed by atoms with E-state index in [-0.39, 0.29) is 20.4 Å². The molecular weight excluding hydrogens is 395 g/mol. The summed E-state index contributed by atoms with van der Waals surface area (Å²) in [5, 5.41) is 0. The number of hydrogen-bond acceptors (Lipinski definition) is 0. The second-order valence-corrected chi connectivity index (χ2v) is 7.41. The molecule has 0 aliphatic heterocycles. The molecule has 0 heterocycles. The number of rotatable bonds is 16. The van der Waals surface area contributed by atoms with Gasteiger partial charge in [0.05, 0.1) is 0 Å². The SMILES string of the molecule is CCCC[C-](CCC)CCCC.CCCC[C-](CCC)CCCC.[Pd+2]. The average Bonchev–Trinajstić information content (AvgIpc) is 2.60. The molecule has 0 radical (unpaired) electrons. The van der Waals surface area contributed by atoms with Gasteiger partial charge in [0.1, 0.15) is 0 Å². The molecule has 0 atom stereocenters. The summed E-state index contributed by atoms with van der Waals surface area (Å²) < 4.78 is 0. The molecule has 0 saturated carbocycles. The van der Waals surface area contributed by atoms with Crippen molar-refractivity contribution in [3.05, 3.63) is 11.8 Å². The fourth-order valence-electron chi connectivity index (χ4n) is 3.16. The van der Waals surface area contributed by atoms with Crippen molar-refractivity contribution in [3.8, 4) is 0 Å². The normalized spacial score (nSPS) is 10.6. The number of hydrogen-bond donors (Lipinski definition) is 0. The van der Waals surface area contributed by atoms with Crippen molar-refractivity contribution in [1.29, 1.82) is 0 Å². The van der Waals surface area contributed by atoms with Crippen molar-refractivity contribution >= 4 is 0 Å². The monoisotopic (exact) mass is 444 g/mol. The maximum absolute atomic E-state index is 2.29. The van der Waals surface area contributed by atoms with Crippen LogP contribution < -0.4 is 0 Å². The molecule has 0 aromatic heterocycles. The van der Waals surface area contributed by atoms with E-state index in [4.69, 9.17) is 0 Å². The van der Waals surface area contributed by atoms with Crippen LogP contribution in [0.25, 0.3) is 0 Å². The van der Waals surface area contributed by atoms with Crippen LogP contribution in [0.3, 0.4) is 0 Å². The Morgan fingerprint density at radius 2 is 0.600 bits per heavy atom. The van der Waals surface area contributed by atoms with Crippen LogP contribution in [-0.4, -0.2) is 0 Å². The molecule has 0 spiro atoms. The van der Waals surface area contributed by atoms with Crippen molar-refractivity contribution in [2.45, 2.75) is 144 Å². The van der Waals surface area contributed by atoms with Gasteiger partial charge in [0.2, 0.25) is 0 Å². The number of unbranched alkanes of at least 4 members (excludes halogenated alkanes) is 4. The minimum absolute atomic E-state index is 0. The molecule has 25 heavy (non-hydrogen) atoms. The van der Waals surface area contributed by atoms with Gasteiger partial charge in [0.25, 0.3) is 0 Å². The summed E-state index contributed by atoms with van der Waals surface area (Å²) in [6.45, 7) is 13.7. The third-order valence-electron chi connectivity index (χ3n) is 4.74. The molecule has 0 aromatic rings. The van der Waals surface area contributed by atoms with E-state index in [0.717, 1.165) is 0 Å². The Morgan fingerprint density at radius 1 is 0.360 bits per heavy atom. The minimum atomic E-state index is 0. The Kier molecular flexibility index (Phi) is 32.7. The van der Waals surface area contributed by atoms with Crippen LogP contribution in [0.1, 0.15) is 144 Å². The predicted octanol–water partition coefficient (Wildman–Crippen LogP) is 9.48. The van der Waals surface area contributed by atoms with Crippen molar-refractivity contribution in [1.82, 2.24) is 0 Å². The molecule has 0 rings (SSSR count). The maximum atomic E-state index is 2.29.